The van der Waals surface area contributed by atoms with Crippen LogP contribution in [0.15, 0.2) is 77.9 Å². The zero-order valence-corrected chi connectivity index (χ0v) is 61.6. The van der Waals surface area contributed by atoms with Crippen molar-refractivity contribution >= 4 is 133 Å². The minimum atomic E-state index is -1.82. The first-order chi connectivity index (χ1) is 51.4. The van der Waals surface area contributed by atoms with Crippen molar-refractivity contribution in [2.45, 2.75) is 183 Å². The van der Waals surface area contributed by atoms with Crippen LogP contribution >= 0.6 is 33.2 Å². The van der Waals surface area contributed by atoms with E-state index in [4.69, 9.17) is 34.5 Å². The van der Waals surface area contributed by atoms with Crippen molar-refractivity contribution in [3.05, 3.63) is 100 Å². The Morgan fingerprint density at radius 3 is 1.94 bits per heavy atom. The number of benzene rings is 3. The lowest BCUT2D eigenvalue weighted by atomic mass is 9.95. The minimum absolute atomic E-state index is 0.0348. The molecule has 3 aromatic carbocycles. The number of likely N-dealkylation sites (tertiary alicyclic amines) is 1. The van der Waals surface area contributed by atoms with Gasteiger partial charge in [0.2, 0.25) is 70.9 Å². The van der Waals surface area contributed by atoms with Crippen LogP contribution in [0.25, 0.3) is 10.9 Å². The highest BCUT2D eigenvalue weighted by molar-refractivity contribution is 8.76. The molecule has 3 aliphatic rings. The summed E-state index contributed by atoms with van der Waals surface area (Å²) < 4.78 is 14.8. The zero-order chi connectivity index (χ0) is 78.7. The monoisotopic (exact) mass is 1560 g/mol. The Morgan fingerprint density at radius 2 is 1.30 bits per heavy atom. The number of aliphatic imine (C=N–C) groups is 1. The predicted octanol–water partition coefficient (Wildman–Crippen LogP) is -0.855. The van der Waals surface area contributed by atoms with Crippen molar-refractivity contribution in [2.24, 2.45) is 33.8 Å². The lowest BCUT2D eigenvalue weighted by molar-refractivity contribution is -0.140. The van der Waals surface area contributed by atoms with Gasteiger partial charge in [-0.25, -0.2) is 4.39 Å². The molecule has 12 amide bonds. The van der Waals surface area contributed by atoms with Crippen LogP contribution < -0.4 is 76.1 Å². The third-order valence-electron chi connectivity index (χ3n) is 18.3. The van der Waals surface area contributed by atoms with Gasteiger partial charge in [-0.05, 0) is 117 Å². The van der Waals surface area contributed by atoms with Crippen molar-refractivity contribution in [1.82, 2.24) is 63.1 Å². The normalized spacial score (nSPS) is 23.0. The first-order valence-corrected chi connectivity index (χ1v) is 38.1. The molecule has 108 heavy (non-hydrogen) atoms. The number of primary amides is 1. The number of nitrogens with zero attached hydrogens (tertiary/aromatic N) is 2. The Bertz CT molecular complexity index is 3940. The maximum absolute atomic E-state index is 15.3. The fourth-order valence-corrected chi connectivity index (χ4v) is 15.2. The molecule has 1 aliphatic carbocycles. The van der Waals surface area contributed by atoms with E-state index in [0.29, 0.717) is 48.7 Å². The van der Waals surface area contributed by atoms with E-state index in [-0.39, 0.29) is 79.3 Å². The van der Waals surface area contributed by atoms with E-state index in [1.165, 1.54) is 41.4 Å². The number of hydrogen-bond acceptors (Lipinski definition) is 19. The summed E-state index contributed by atoms with van der Waals surface area (Å²) in [6, 6.07) is -0.400. The molecule has 1 saturated carbocycles. The summed E-state index contributed by atoms with van der Waals surface area (Å²) in [5.41, 5.74) is 24.4. The molecule has 0 bridgehead atoms. The summed E-state index contributed by atoms with van der Waals surface area (Å²) in [6.45, 7) is 1.34. The number of H-pyrrole nitrogens is 1. The quantitative estimate of drug-likeness (QED) is 0.0176. The highest BCUT2D eigenvalue weighted by atomic mass is 35.5. The van der Waals surface area contributed by atoms with E-state index in [2.05, 4.69) is 63.1 Å². The molecule has 1 aromatic heterocycles. The Hall–Kier alpha value is -10.3. The molecule has 3 heterocycles. The molecule has 38 heteroatoms. The second-order valence-corrected chi connectivity index (χ2v) is 29.7. The predicted molar refractivity (Wildman–Crippen MR) is 397 cm³/mol. The molecule has 2 saturated heterocycles. The van der Waals surface area contributed by atoms with E-state index in [0.717, 1.165) is 33.7 Å². The van der Waals surface area contributed by atoms with Gasteiger partial charge in [-0.15, -0.1) is 0 Å². The van der Waals surface area contributed by atoms with Crippen LogP contribution in [0.4, 0.5) is 4.39 Å². The van der Waals surface area contributed by atoms with Gasteiger partial charge in [0, 0.05) is 104 Å². The highest BCUT2D eigenvalue weighted by Gasteiger charge is 2.41. The first kappa shape index (κ1) is 85.0. The number of phenols is 1. The number of fused-ring (bicyclic) bond motifs is 1. The van der Waals surface area contributed by atoms with Crippen LogP contribution in [0.3, 0.4) is 0 Å². The maximum atomic E-state index is 15.3. The number of phenolic OH excluding ortho intramolecular Hbond substituents is 1. The summed E-state index contributed by atoms with van der Waals surface area (Å²) in [7, 11) is 1.68. The lowest BCUT2D eigenvalue weighted by Gasteiger charge is -2.30. The molecule has 4 aromatic rings. The standard InChI is InChI=1S/C70H93ClFN17O17S2/c1-36(73)28-56(92)89-27-7-13-54(89)68(105)84-49(29-37-14-17-42(90)18-15-37)64(101)87-53-35-108-107-34-52(60(74)97)86-63(100)48(21-23-58(95)96)82-66(103)51(31-40-33-79-45-19-16-41(72)32-43(40)45)83-62(99)47(20-22-57(93)94)80-55(91)24-26-77-61(98)46(12-6-25-78-70(75)76)81-65(102)50(30-39-10-4-5-11-44(39)71)85-69(106)59(88-67(53)104)38-8-2-3-9-38/h4-5,10-11,14-19,32-33,36,38,46-54,59,79,90H,2-3,6-9,12-13,20-31,34-35,73H2,1H3,(H2,74,97)(H,77,98)(H,80,91)(H,81,102)(H,82,103)(H,83,99)(H,84,105)(H,85,106)(H,86,100)(H,87,101)(H,88,104)(H,93,94)(H,95,96)(H4,75,76,78)/t36-,46+,47+,48+,49+,50+,51+,52+,53+,54+,59+/m1/s1. The summed E-state index contributed by atoms with van der Waals surface area (Å²) in [5, 5.41) is 56.3. The second kappa shape index (κ2) is 41.7. The molecule has 3 fully saturated rings. The Kier molecular flexibility index (Phi) is 32.8. The van der Waals surface area contributed by atoms with Crippen LogP contribution in [-0.2, 0) is 86.4 Å². The molecule has 22 N–H and O–H groups in total. The first-order valence-electron chi connectivity index (χ1n) is 35.3. The van der Waals surface area contributed by atoms with Gasteiger partial charge in [-0.3, -0.25) is 72.1 Å². The summed E-state index contributed by atoms with van der Waals surface area (Å²) in [5.74, 6) is -16.7. The minimum Gasteiger partial charge on any atom is -0.508 e. The van der Waals surface area contributed by atoms with E-state index >= 15 is 14.4 Å². The number of guanidine groups is 1. The Morgan fingerprint density at radius 1 is 0.694 bits per heavy atom. The van der Waals surface area contributed by atoms with Gasteiger partial charge in [-0.1, -0.05) is 76.4 Å². The van der Waals surface area contributed by atoms with E-state index in [9.17, 15) is 72.4 Å². The highest BCUT2D eigenvalue weighted by Crippen LogP contribution is 2.30. The maximum Gasteiger partial charge on any atom is 0.303 e. The number of amides is 12. The second-order valence-electron chi connectivity index (χ2n) is 26.7. The Labute approximate surface area is 633 Å². The molecular formula is C70H93ClFN17O17S2. The van der Waals surface area contributed by atoms with Gasteiger partial charge in [0.25, 0.3) is 0 Å². The third-order valence-corrected chi connectivity index (χ3v) is 21.1. The van der Waals surface area contributed by atoms with Gasteiger partial charge >= 0.3 is 11.9 Å². The molecule has 586 valence electrons. The summed E-state index contributed by atoms with van der Waals surface area (Å²) in [4.78, 5) is 206. The summed E-state index contributed by atoms with van der Waals surface area (Å²) in [6.07, 6.45) is -0.449. The molecule has 34 nitrogen and oxygen atoms in total. The number of carboxylic acid groups (broad SMARTS) is 2. The van der Waals surface area contributed by atoms with Gasteiger partial charge in [0.1, 0.15) is 72.0 Å². The van der Waals surface area contributed by atoms with Crippen LogP contribution in [-0.4, -0.2) is 212 Å². The molecule has 0 unspecified atom stereocenters. The number of aromatic nitrogens is 1. The zero-order valence-electron chi connectivity index (χ0n) is 59.2. The molecule has 2 aliphatic heterocycles. The number of rotatable bonds is 24. The number of aromatic hydroxyl groups is 1. The smallest absolute Gasteiger partial charge is 0.303 e. The van der Waals surface area contributed by atoms with E-state index in [1.807, 2.05) is 0 Å². The average molecular weight is 1560 g/mol. The number of carbonyl (C=O) groups is 14. The number of aromatic amines is 1. The van der Waals surface area contributed by atoms with Gasteiger partial charge in [0.05, 0.1) is 0 Å². The molecule has 11 atom stereocenters. The molecule has 7 rings (SSSR count). The van der Waals surface area contributed by atoms with Gasteiger partial charge in [-0.2, -0.15) is 0 Å². The van der Waals surface area contributed by atoms with Gasteiger partial charge in [0.15, 0.2) is 5.96 Å². The number of nitrogens with one attached hydrogen (secondary N) is 11. The van der Waals surface area contributed by atoms with Crippen molar-refractivity contribution in [1.29, 1.82) is 0 Å². The number of halogens is 2. The molecular weight excluding hydrogens is 1470 g/mol. The third kappa shape index (κ3) is 26.6. The number of nitrogens with two attached hydrogens (primary N) is 4. The van der Waals surface area contributed by atoms with Crippen molar-refractivity contribution in [2.75, 3.05) is 31.1 Å². The fourth-order valence-electron chi connectivity index (χ4n) is 12.6. The number of carbonyl (C=O) groups excluding carboxylic acids is 12. The van der Waals surface area contributed by atoms with Crippen LogP contribution in [0, 0.1) is 11.7 Å². The van der Waals surface area contributed by atoms with Crippen LogP contribution in [0.1, 0.15) is 114 Å². The van der Waals surface area contributed by atoms with Gasteiger partial charge < -0.3 is 101 Å². The van der Waals surface area contributed by atoms with Crippen LogP contribution in [0.5, 0.6) is 5.75 Å². The van der Waals surface area contributed by atoms with Crippen LogP contribution in [0.2, 0.25) is 5.02 Å². The van der Waals surface area contributed by atoms with E-state index < -0.39 is 218 Å². The van der Waals surface area contributed by atoms with Crippen molar-refractivity contribution in [3.63, 3.8) is 0 Å². The number of hydrogen-bond donors (Lipinski definition) is 18. The van der Waals surface area contributed by atoms with E-state index in [1.54, 1.807) is 31.2 Å². The summed E-state index contributed by atoms with van der Waals surface area (Å²) >= 11 is 6.68. The fraction of sp³-hybridized carbons (Fsp3) is 0.500. The lowest BCUT2D eigenvalue weighted by Crippen LogP contribution is -2.61. The number of carboxylic acids is 2. The Balaban J connectivity index is 1.29. The molecule has 0 radical (unpaired) electrons. The largest absolute Gasteiger partial charge is 0.508 e. The average Bonchev–Trinajstić information content (AvgIpc) is 1.64. The molecule has 0 spiro atoms. The van der Waals surface area contributed by atoms with Crippen molar-refractivity contribution in [3.8, 4) is 5.75 Å². The number of aliphatic carboxylic acids is 2. The van der Waals surface area contributed by atoms with Crippen molar-refractivity contribution < 1.29 is 86.8 Å². The SMILES string of the molecule is C[C@@H](N)CC(=O)N1CCC[C@H]1C(=O)N[C@@H](Cc1ccc(O)cc1)C(=O)N[C@H]1CSSC[C@@H](C(N)=O)NC(=O)[C@H](CCC(=O)O)NC(=O)[C@H](Cc2c[nH]c3ccc(F)cc23)NC(=O)[C@H](CCC(=O)O)NC(=O)CCNC(=O)[C@H](CCCN=C(N)N)NC(=O)[C@H](Cc2ccccc2Cl)NC(=O)[C@H](C2CCCC2)NC1=O. The topological polar surface area (TPSA) is 555 Å².